The summed E-state index contributed by atoms with van der Waals surface area (Å²) in [7, 11) is 0. The molecular formula is C24H24Cl2FN3O2. The van der Waals surface area contributed by atoms with Crippen LogP contribution >= 0.6 is 24.8 Å². The Bertz CT molecular complexity index is 1050. The Kier molecular flexibility index (Phi) is 7.72. The molecule has 1 unspecified atom stereocenters. The van der Waals surface area contributed by atoms with Crippen LogP contribution < -0.4 is 5.32 Å². The molecule has 1 fully saturated rings. The lowest BCUT2D eigenvalue weighted by atomic mass is 9.98. The van der Waals surface area contributed by atoms with E-state index in [0.29, 0.717) is 25.2 Å². The zero-order chi connectivity index (χ0) is 20.5. The highest BCUT2D eigenvalue weighted by atomic mass is 35.5. The number of amides is 1. The predicted octanol–water partition coefficient (Wildman–Crippen LogP) is 4.96. The molecule has 1 atom stereocenters. The van der Waals surface area contributed by atoms with Crippen LogP contribution in [0.3, 0.4) is 0 Å². The first-order valence-electron chi connectivity index (χ1n) is 10.1. The van der Waals surface area contributed by atoms with Gasteiger partial charge in [0.15, 0.2) is 0 Å². The Labute approximate surface area is 198 Å². The second kappa shape index (κ2) is 10.3. The van der Waals surface area contributed by atoms with Gasteiger partial charge in [0.1, 0.15) is 12.4 Å². The van der Waals surface area contributed by atoms with Crippen molar-refractivity contribution >= 4 is 30.9 Å². The summed E-state index contributed by atoms with van der Waals surface area (Å²) in [6, 6.07) is 17.6. The number of benzene rings is 2. The predicted molar refractivity (Wildman–Crippen MR) is 126 cm³/mol. The van der Waals surface area contributed by atoms with Gasteiger partial charge in [-0.3, -0.25) is 9.88 Å². The van der Waals surface area contributed by atoms with Crippen molar-refractivity contribution in [2.24, 2.45) is 0 Å². The maximum Gasteiger partial charge on any atom is 0.410 e. The van der Waals surface area contributed by atoms with Gasteiger partial charge in [0.05, 0.1) is 12.2 Å². The van der Waals surface area contributed by atoms with Gasteiger partial charge in [-0.05, 0) is 33.9 Å². The van der Waals surface area contributed by atoms with E-state index in [1.807, 2.05) is 24.3 Å². The minimum absolute atomic E-state index is 0. The second-order valence-electron chi connectivity index (χ2n) is 7.65. The van der Waals surface area contributed by atoms with Crippen molar-refractivity contribution in [3.8, 4) is 11.1 Å². The van der Waals surface area contributed by atoms with Crippen molar-refractivity contribution in [3.05, 3.63) is 89.5 Å². The number of hydrogen-bond donors (Lipinski definition) is 1. The molecule has 1 saturated heterocycles. The molecule has 3 aromatic rings. The zero-order valence-electron chi connectivity index (χ0n) is 17.2. The van der Waals surface area contributed by atoms with Gasteiger partial charge in [0, 0.05) is 31.7 Å². The molecule has 0 radical (unpaired) electrons. The number of piperazine rings is 1. The number of hydrogen-bond acceptors (Lipinski definition) is 4. The topological polar surface area (TPSA) is 54.5 Å². The molecule has 0 saturated carbocycles. The van der Waals surface area contributed by atoms with Gasteiger partial charge in [-0.1, -0.05) is 48.5 Å². The molecule has 2 aliphatic rings. The number of aromatic nitrogens is 1. The van der Waals surface area contributed by atoms with Crippen LogP contribution in [-0.2, 0) is 4.74 Å². The number of pyridine rings is 1. The Hall–Kier alpha value is -2.67. The molecule has 0 spiro atoms. The quantitative estimate of drug-likeness (QED) is 0.581. The van der Waals surface area contributed by atoms with Gasteiger partial charge in [-0.25, -0.2) is 9.18 Å². The van der Waals surface area contributed by atoms with E-state index < -0.39 is 5.82 Å². The molecule has 32 heavy (non-hydrogen) atoms. The van der Waals surface area contributed by atoms with E-state index in [-0.39, 0.29) is 49.5 Å². The van der Waals surface area contributed by atoms with E-state index in [4.69, 9.17) is 4.74 Å². The minimum Gasteiger partial charge on any atom is -0.448 e. The van der Waals surface area contributed by atoms with Crippen molar-refractivity contribution in [3.63, 3.8) is 0 Å². The summed E-state index contributed by atoms with van der Waals surface area (Å²) in [4.78, 5) is 18.6. The molecule has 0 bridgehead atoms. The summed E-state index contributed by atoms with van der Waals surface area (Å²) >= 11 is 0. The number of nitrogens with one attached hydrogen (secondary N) is 1. The summed E-state index contributed by atoms with van der Waals surface area (Å²) < 4.78 is 19.5. The first-order chi connectivity index (χ1) is 14.7. The molecule has 1 N–H and O–H groups in total. The highest BCUT2D eigenvalue weighted by Gasteiger charge is 2.32. The normalized spacial score (nSPS) is 16.9. The van der Waals surface area contributed by atoms with Gasteiger partial charge in [0.2, 0.25) is 0 Å². The Morgan fingerprint density at radius 1 is 1.06 bits per heavy atom. The highest BCUT2D eigenvalue weighted by molar-refractivity contribution is 5.85. The monoisotopic (exact) mass is 475 g/mol. The molecule has 2 heterocycles. The van der Waals surface area contributed by atoms with Crippen molar-refractivity contribution in [1.82, 2.24) is 15.2 Å². The molecule has 1 aromatic heterocycles. The van der Waals surface area contributed by atoms with Crippen LogP contribution in [0.15, 0.2) is 67.0 Å². The van der Waals surface area contributed by atoms with Crippen LogP contribution in [0.2, 0.25) is 0 Å². The maximum atomic E-state index is 13.7. The molecule has 1 aliphatic heterocycles. The average molecular weight is 476 g/mol. The number of rotatable bonds is 3. The molecule has 8 heteroatoms. The largest absolute Gasteiger partial charge is 0.448 e. The minimum atomic E-state index is -0.412. The Balaban J connectivity index is 0.00000144. The van der Waals surface area contributed by atoms with Gasteiger partial charge in [-0.2, -0.15) is 0 Å². The number of nitrogens with zero attached hydrogens (tertiary/aromatic N) is 2. The Morgan fingerprint density at radius 2 is 1.72 bits per heavy atom. The third-order valence-corrected chi connectivity index (χ3v) is 5.92. The molecule has 168 valence electrons. The SMILES string of the molecule is Cl.Cl.O=C(OCC1c2ccccc2-c2ccccc21)N1CCNCC1c1cncc(F)c1. The van der Waals surface area contributed by atoms with Crippen LogP contribution in [0.25, 0.3) is 11.1 Å². The van der Waals surface area contributed by atoms with E-state index in [9.17, 15) is 9.18 Å². The van der Waals surface area contributed by atoms with E-state index in [1.165, 1.54) is 28.3 Å². The third-order valence-electron chi connectivity index (χ3n) is 5.92. The average Bonchev–Trinajstić information content (AvgIpc) is 3.11. The molecule has 1 amide bonds. The van der Waals surface area contributed by atoms with E-state index in [2.05, 4.69) is 34.6 Å². The third kappa shape index (κ3) is 4.44. The number of fused-ring (bicyclic) bond motifs is 3. The van der Waals surface area contributed by atoms with Crippen LogP contribution in [0.1, 0.15) is 28.7 Å². The van der Waals surface area contributed by atoms with Crippen LogP contribution in [-0.4, -0.2) is 42.2 Å². The smallest absolute Gasteiger partial charge is 0.410 e. The summed E-state index contributed by atoms with van der Waals surface area (Å²) in [6.45, 7) is 1.97. The fraction of sp³-hybridized carbons (Fsp3) is 0.250. The lowest BCUT2D eigenvalue weighted by molar-refractivity contribution is 0.0751. The summed E-state index contributed by atoms with van der Waals surface area (Å²) in [5, 5.41) is 3.26. The summed E-state index contributed by atoms with van der Waals surface area (Å²) in [5.74, 6) is -0.399. The standard InChI is InChI=1S/C24H22FN3O2.2ClH/c25-17-11-16(12-27-13-17)23-14-26-9-10-28(23)24(29)30-15-22-20-7-3-1-5-18(20)19-6-2-4-8-21(19)22;;/h1-8,11-13,22-23,26H,9-10,14-15H2;2*1H. The number of carbonyl (C=O) groups is 1. The van der Waals surface area contributed by atoms with Crippen LogP contribution in [0.5, 0.6) is 0 Å². The van der Waals surface area contributed by atoms with Crippen molar-refractivity contribution < 1.29 is 13.9 Å². The fourth-order valence-corrected chi connectivity index (χ4v) is 4.51. The van der Waals surface area contributed by atoms with E-state index in [1.54, 1.807) is 11.1 Å². The maximum absolute atomic E-state index is 13.7. The van der Waals surface area contributed by atoms with Gasteiger partial charge in [-0.15, -0.1) is 24.8 Å². The molecule has 5 nitrogen and oxygen atoms in total. The molecular weight excluding hydrogens is 452 g/mol. The molecule has 5 rings (SSSR count). The Morgan fingerprint density at radius 3 is 2.38 bits per heavy atom. The van der Waals surface area contributed by atoms with Crippen molar-refractivity contribution in [2.75, 3.05) is 26.2 Å². The van der Waals surface area contributed by atoms with Crippen LogP contribution in [0.4, 0.5) is 9.18 Å². The second-order valence-corrected chi connectivity index (χ2v) is 7.65. The van der Waals surface area contributed by atoms with E-state index >= 15 is 0 Å². The van der Waals surface area contributed by atoms with Crippen molar-refractivity contribution in [1.29, 1.82) is 0 Å². The summed E-state index contributed by atoms with van der Waals surface area (Å²) in [6.07, 6.45) is 2.38. The van der Waals surface area contributed by atoms with Gasteiger partial charge >= 0.3 is 6.09 Å². The highest BCUT2D eigenvalue weighted by Crippen LogP contribution is 2.44. The number of ether oxygens (including phenoxy) is 1. The van der Waals surface area contributed by atoms with E-state index in [0.717, 1.165) is 6.20 Å². The lowest BCUT2D eigenvalue weighted by Gasteiger charge is -2.35. The van der Waals surface area contributed by atoms with Gasteiger partial charge < -0.3 is 10.1 Å². The number of halogens is 3. The lowest BCUT2D eigenvalue weighted by Crippen LogP contribution is -2.49. The first kappa shape index (κ1) is 24.0. The molecule has 2 aromatic carbocycles. The first-order valence-corrected chi connectivity index (χ1v) is 10.1. The van der Waals surface area contributed by atoms with Gasteiger partial charge in [0.25, 0.3) is 0 Å². The number of carbonyl (C=O) groups excluding carboxylic acids is 1. The van der Waals surface area contributed by atoms with Crippen molar-refractivity contribution in [2.45, 2.75) is 12.0 Å². The molecule has 1 aliphatic carbocycles. The van der Waals surface area contributed by atoms with Crippen LogP contribution in [0, 0.1) is 5.82 Å². The summed E-state index contributed by atoms with van der Waals surface area (Å²) in [5.41, 5.74) is 5.41. The zero-order valence-corrected chi connectivity index (χ0v) is 18.9. The fourth-order valence-electron chi connectivity index (χ4n) is 4.51.